The van der Waals surface area contributed by atoms with Crippen LogP contribution in [0.15, 0.2) is 24.3 Å². The van der Waals surface area contributed by atoms with Gasteiger partial charge in [0.05, 0.1) is 28.1 Å². The van der Waals surface area contributed by atoms with Crippen LogP contribution >= 0.6 is 11.3 Å². The molecule has 0 aliphatic carbocycles. The van der Waals surface area contributed by atoms with Gasteiger partial charge in [-0.05, 0) is 31.4 Å². The van der Waals surface area contributed by atoms with Crippen molar-refractivity contribution in [3.63, 3.8) is 0 Å². The van der Waals surface area contributed by atoms with Crippen LogP contribution in [-0.4, -0.2) is 19.3 Å². The number of hydrogen-bond acceptors (Lipinski definition) is 6. The summed E-state index contributed by atoms with van der Waals surface area (Å²) < 4.78 is 26.5. The van der Waals surface area contributed by atoms with E-state index in [-0.39, 0.29) is 5.56 Å². The summed E-state index contributed by atoms with van der Waals surface area (Å²) in [4.78, 5) is 16.8. The summed E-state index contributed by atoms with van der Waals surface area (Å²) in [6, 6.07) is 8.35. The normalized spacial score (nSPS) is 11.0. The van der Waals surface area contributed by atoms with Crippen LogP contribution in [0.4, 0.5) is 0 Å². The predicted molar refractivity (Wildman–Crippen MR) is 92.1 cm³/mol. The first-order valence-electron chi connectivity index (χ1n) is 7.35. The molecular weight excluding hydrogens is 346 g/mol. The average Bonchev–Trinajstić information content (AvgIpc) is 2.88. The van der Waals surface area contributed by atoms with Gasteiger partial charge in [-0.1, -0.05) is 25.1 Å². The quantitative estimate of drug-likeness (QED) is 0.850. The number of aryl methyl sites for hydroxylation is 2. The van der Waals surface area contributed by atoms with Gasteiger partial charge in [-0.3, -0.25) is 4.79 Å². The van der Waals surface area contributed by atoms with Crippen LogP contribution in [0.1, 0.15) is 44.8 Å². The number of rotatable bonds is 6. The number of carbonyl (C=O) groups is 1. The van der Waals surface area contributed by atoms with Crippen LogP contribution in [0, 0.1) is 18.3 Å². The summed E-state index contributed by atoms with van der Waals surface area (Å²) in [5.74, 6) is -1.11. The minimum Gasteiger partial charge on any atom is -0.267 e. The van der Waals surface area contributed by atoms with Gasteiger partial charge in [-0.25, -0.2) is 18.1 Å². The second-order valence-electron chi connectivity index (χ2n) is 5.23. The number of hydrogen-bond donors (Lipinski definition) is 1. The smallest absolute Gasteiger partial charge is 0.267 e. The Morgan fingerprint density at radius 2 is 2.08 bits per heavy atom. The number of nitriles is 1. The maximum absolute atomic E-state index is 12.3. The minimum absolute atomic E-state index is 0.273. The fourth-order valence-corrected chi connectivity index (χ4v) is 4.41. The van der Waals surface area contributed by atoms with Gasteiger partial charge in [-0.2, -0.15) is 5.26 Å². The molecule has 0 aliphatic rings. The van der Waals surface area contributed by atoms with Gasteiger partial charge in [0.1, 0.15) is 4.88 Å². The SMILES string of the molecule is CCCc1nc(C)c(C(=O)NS(=O)(=O)Cc2ccccc2C#N)s1. The first kappa shape index (κ1) is 18.1. The lowest BCUT2D eigenvalue weighted by Crippen LogP contribution is -2.31. The molecule has 0 unspecified atom stereocenters. The molecule has 1 heterocycles. The topological polar surface area (TPSA) is 99.9 Å². The summed E-state index contributed by atoms with van der Waals surface area (Å²) in [5.41, 5.74) is 1.15. The minimum atomic E-state index is -3.91. The molecule has 0 bridgehead atoms. The molecule has 0 atom stereocenters. The number of sulfonamides is 1. The van der Waals surface area contributed by atoms with Crippen LogP contribution < -0.4 is 4.72 Å². The first-order valence-corrected chi connectivity index (χ1v) is 9.82. The summed E-state index contributed by atoms with van der Waals surface area (Å²) in [7, 11) is -3.91. The van der Waals surface area contributed by atoms with Crippen molar-refractivity contribution >= 4 is 27.3 Å². The standard InChI is InChI=1S/C16H17N3O3S2/c1-3-6-14-18-11(2)15(23-14)16(20)19-24(21,22)10-13-8-5-4-7-12(13)9-17/h4-5,7-8H,3,6,10H2,1-2H3,(H,19,20). The molecule has 0 fully saturated rings. The van der Waals surface area contributed by atoms with E-state index in [2.05, 4.69) is 9.71 Å². The zero-order valence-corrected chi connectivity index (χ0v) is 15.0. The van der Waals surface area contributed by atoms with Gasteiger partial charge in [-0.15, -0.1) is 11.3 Å². The van der Waals surface area contributed by atoms with Crippen molar-refractivity contribution in [2.45, 2.75) is 32.4 Å². The fourth-order valence-electron chi connectivity index (χ4n) is 2.17. The van der Waals surface area contributed by atoms with Gasteiger partial charge < -0.3 is 0 Å². The Morgan fingerprint density at radius 3 is 2.75 bits per heavy atom. The number of benzene rings is 1. The molecule has 2 rings (SSSR count). The zero-order chi connectivity index (χ0) is 17.7. The number of nitrogens with zero attached hydrogens (tertiary/aromatic N) is 2. The second kappa shape index (κ2) is 7.55. The number of aromatic nitrogens is 1. The first-order chi connectivity index (χ1) is 11.4. The van der Waals surface area contributed by atoms with Gasteiger partial charge in [0.25, 0.3) is 5.91 Å². The Balaban J connectivity index is 2.17. The molecule has 0 radical (unpaired) electrons. The molecule has 6 nitrogen and oxygen atoms in total. The van der Waals surface area contributed by atoms with Crippen LogP contribution in [0.2, 0.25) is 0 Å². The molecule has 126 valence electrons. The molecule has 0 aliphatic heterocycles. The number of thiazole rings is 1. The second-order valence-corrected chi connectivity index (χ2v) is 8.04. The van der Waals surface area contributed by atoms with E-state index in [1.807, 2.05) is 13.0 Å². The molecule has 1 amide bonds. The van der Waals surface area contributed by atoms with Crippen molar-refractivity contribution in [1.29, 1.82) is 5.26 Å². The molecule has 0 saturated heterocycles. The van der Waals surface area contributed by atoms with Crippen LogP contribution in [0.25, 0.3) is 0 Å². The van der Waals surface area contributed by atoms with Crippen molar-refractivity contribution in [2.24, 2.45) is 0 Å². The molecule has 1 N–H and O–H groups in total. The zero-order valence-electron chi connectivity index (χ0n) is 13.4. The Morgan fingerprint density at radius 1 is 1.38 bits per heavy atom. The molecule has 2 aromatic rings. The highest BCUT2D eigenvalue weighted by Gasteiger charge is 2.22. The van der Waals surface area contributed by atoms with Crippen molar-refractivity contribution in [1.82, 2.24) is 9.71 Å². The van der Waals surface area contributed by atoms with Crippen LogP contribution in [-0.2, 0) is 22.2 Å². The molecule has 1 aromatic carbocycles. The Kier molecular flexibility index (Phi) is 5.70. The third-order valence-corrected chi connectivity index (χ3v) is 5.65. The fraction of sp³-hybridized carbons (Fsp3) is 0.312. The molecule has 0 spiro atoms. The maximum Gasteiger partial charge on any atom is 0.276 e. The van der Waals surface area contributed by atoms with Gasteiger partial charge in [0.2, 0.25) is 10.0 Å². The summed E-state index contributed by atoms with van der Waals surface area (Å²) in [6.45, 7) is 3.69. The van der Waals surface area contributed by atoms with Crippen molar-refractivity contribution in [3.8, 4) is 6.07 Å². The van der Waals surface area contributed by atoms with E-state index in [1.54, 1.807) is 25.1 Å². The van der Waals surface area contributed by atoms with Crippen LogP contribution in [0.3, 0.4) is 0 Å². The maximum atomic E-state index is 12.3. The third-order valence-electron chi connectivity index (χ3n) is 3.24. The lowest BCUT2D eigenvalue weighted by molar-refractivity contribution is 0.0984. The summed E-state index contributed by atoms with van der Waals surface area (Å²) in [6.07, 6.45) is 1.65. The summed E-state index contributed by atoms with van der Waals surface area (Å²) >= 11 is 1.21. The highest BCUT2D eigenvalue weighted by molar-refractivity contribution is 7.89. The molecule has 1 aromatic heterocycles. The average molecular weight is 363 g/mol. The van der Waals surface area contributed by atoms with Crippen molar-refractivity contribution in [3.05, 3.63) is 51.0 Å². The van der Waals surface area contributed by atoms with E-state index < -0.39 is 21.7 Å². The van der Waals surface area contributed by atoms with Gasteiger partial charge in [0, 0.05) is 0 Å². The van der Waals surface area contributed by atoms with E-state index in [0.29, 0.717) is 16.1 Å². The number of amides is 1. The van der Waals surface area contributed by atoms with Crippen molar-refractivity contribution < 1.29 is 13.2 Å². The highest BCUT2D eigenvalue weighted by Crippen LogP contribution is 2.20. The molecular formula is C16H17N3O3S2. The Labute approximate surface area is 145 Å². The lowest BCUT2D eigenvalue weighted by Gasteiger charge is -2.07. The number of carbonyl (C=O) groups excluding carboxylic acids is 1. The van der Waals surface area contributed by atoms with E-state index >= 15 is 0 Å². The van der Waals surface area contributed by atoms with Crippen molar-refractivity contribution in [2.75, 3.05) is 0 Å². The van der Waals surface area contributed by atoms with E-state index in [4.69, 9.17) is 5.26 Å². The van der Waals surface area contributed by atoms with Gasteiger partial charge >= 0.3 is 0 Å². The third kappa shape index (κ3) is 4.40. The Bertz CT molecular complexity index is 896. The Hall–Kier alpha value is -2.24. The molecule has 8 heteroatoms. The summed E-state index contributed by atoms with van der Waals surface area (Å²) in [5, 5.41) is 9.84. The van der Waals surface area contributed by atoms with E-state index in [0.717, 1.165) is 17.8 Å². The molecule has 24 heavy (non-hydrogen) atoms. The van der Waals surface area contributed by atoms with E-state index in [9.17, 15) is 13.2 Å². The monoisotopic (exact) mass is 363 g/mol. The van der Waals surface area contributed by atoms with Gasteiger partial charge in [0.15, 0.2) is 0 Å². The number of nitrogens with one attached hydrogen (secondary N) is 1. The van der Waals surface area contributed by atoms with E-state index in [1.165, 1.54) is 17.4 Å². The highest BCUT2D eigenvalue weighted by atomic mass is 32.2. The largest absolute Gasteiger partial charge is 0.276 e. The predicted octanol–water partition coefficient (Wildman–Crippen LogP) is 2.54. The molecule has 0 saturated carbocycles. The lowest BCUT2D eigenvalue weighted by atomic mass is 10.1. The van der Waals surface area contributed by atoms with Crippen LogP contribution in [0.5, 0.6) is 0 Å².